The van der Waals surface area contributed by atoms with Crippen LogP contribution in [0.25, 0.3) is 11.0 Å². The summed E-state index contributed by atoms with van der Waals surface area (Å²) in [5.41, 5.74) is 1.72. The van der Waals surface area contributed by atoms with Crippen molar-refractivity contribution in [1.29, 1.82) is 0 Å². The molecule has 0 saturated heterocycles. The van der Waals surface area contributed by atoms with Crippen LogP contribution in [0, 0.1) is 17.2 Å². The topological polar surface area (TPSA) is 17.8 Å². The molecule has 0 fully saturated rings. The predicted octanol–water partition coefficient (Wildman–Crippen LogP) is 4.60. The van der Waals surface area contributed by atoms with Gasteiger partial charge in [0.1, 0.15) is 11.6 Å². The van der Waals surface area contributed by atoms with Gasteiger partial charge in [0.2, 0.25) is 0 Å². The lowest BCUT2D eigenvalue weighted by atomic mass is 9.81. The van der Waals surface area contributed by atoms with Crippen molar-refractivity contribution in [3.8, 4) is 0 Å². The highest BCUT2D eigenvalue weighted by atomic mass is 35.5. The van der Waals surface area contributed by atoms with Gasteiger partial charge in [-0.3, -0.25) is 0 Å². The van der Waals surface area contributed by atoms with E-state index in [9.17, 15) is 4.39 Å². The highest BCUT2D eigenvalue weighted by molar-refractivity contribution is 6.16. The van der Waals surface area contributed by atoms with E-state index in [1.54, 1.807) is 6.07 Å². The highest BCUT2D eigenvalue weighted by Crippen LogP contribution is 2.31. The van der Waals surface area contributed by atoms with E-state index < -0.39 is 0 Å². The van der Waals surface area contributed by atoms with Crippen molar-refractivity contribution in [3.05, 3.63) is 29.8 Å². The van der Waals surface area contributed by atoms with E-state index in [4.69, 9.17) is 11.6 Å². The molecule has 104 valence electrons. The van der Waals surface area contributed by atoms with Crippen molar-refractivity contribution in [2.75, 3.05) is 0 Å². The first-order valence-electron chi connectivity index (χ1n) is 6.56. The first-order chi connectivity index (χ1) is 8.85. The molecule has 0 aliphatic heterocycles. The molecule has 2 aromatic rings. The van der Waals surface area contributed by atoms with Crippen LogP contribution in [0.3, 0.4) is 0 Å². The van der Waals surface area contributed by atoms with Crippen LogP contribution in [-0.2, 0) is 12.4 Å². The highest BCUT2D eigenvalue weighted by Gasteiger charge is 2.25. The maximum atomic E-state index is 13.4. The Balaban J connectivity index is 2.54. The third-order valence-electron chi connectivity index (χ3n) is 4.04. The molecule has 2 nitrogen and oxygen atoms in total. The Bertz CT molecular complexity index is 587. The normalized spacial score (nSPS) is 12.6. The molecule has 4 heteroatoms. The fraction of sp³-hybridized carbons (Fsp3) is 0.533. The van der Waals surface area contributed by atoms with Crippen LogP contribution >= 0.6 is 11.6 Å². The summed E-state index contributed by atoms with van der Waals surface area (Å²) in [4.78, 5) is 4.48. The van der Waals surface area contributed by atoms with E-state index in [1.165, 1.54) is 12.1 Å². The number of halogens is 2. The van der Waals surface area contributed by atoms with Gasteiger partial charge in [-0.05, 0) is 29.5 Å². The molecular weight excluding hydrogens is 263 g/mol. The van der Waals surface area contributed by atoms with Gasteiger partial charge in [-0.2, -0.15) is 0 Å². The average molecular weight is 283 g/mol. The number of hydrogen-bond acceptors (Lipinski definition) is 1. The van der Waals surface area contributed by atoms with Crippen LogP contribution in [0.2, 0.25) is 0 Å². The van der Waals surface area contributed by atoms with Gasteiger partial charge in [-0.25, -0.2) is 9.37 Å². The SMILES string of the molecule is CC(C)C(C)(C)Cn1c(CCl)nc2ccc(F)cc21. The van der Waals surface area contributed by atoms with E-state index in [0.717, 1.165) is 23.4 Å². The molecule has 0 bridgehead atoms. The number of aromatic nitrogens is 2. The number of rotatable bonds is 4. The predicted molar refractivity (Wildman–Crippen MR) is 77.9 cm³/mol. The fourth-order valence-electron chi connectivity index (χ4n) is 2.01. The standard InChI is InChI=1S/C15H20ClFN2/c1-10(2)15(3,4)9-19-13-7-11(17)5-6-12(13)18-14(19)8-16/h5-7,10H,8-9H2,1-4H3. The molecule has 0 atom stereocenters. The van der Waals surface area contributed by atoms with E-state index in [0.29, 0.717) is 11.8 Å². The van der Waals surface area contributed by atoms with Crippen molar-refractivity contribution in [3.63, 3.8) is 0 Å². The third kappa shape index (κ3) is 2.76. The minimum absolute atomic E-state index is 0.0980. The third-order valence-corrected chi connectivity index (χ3v) is 4.28. The van der Waals surface area contributed by atoms with E-state index in [-0.39, 0.29) is 11.2 Å². The summed E-state index contributed by atoms with van der Waals surface area (Å²) in [5, 5.41) is 0. The largest absolute Gasteiger partial charge is 0.326 e. The van der Waals surface area contributed by atoms with Crippen molar-refractivity contribution < 1.29 is 4.39 Å². The molecule has 0 radical (unpaired) electrons. The number of imidazole rings is 1. The van der Waals surface area contributed by atoms with Crippen molar-refractivity contribution in [2.45, 2.75) is 40.1 Å². The molecule has 1 heterocycles. The summed E-state index contributed by atoms with van der Waals surface area (Å²) in [7, 11) is 0. The van der Waals surface area contributed by atoms with Gasteiger partial charge in [0, 0.05) is 6.54 Å². The number of alkyl halides is 1. The molecule has 19 heavy (non-hydrogen) atoms. The maximum Gasteiger partial charge on any atom is 0.125 e. The summed E-state index contributed by atoms with van der Waals surface area (Å²) in [6.45, 7) is 9.59. The van der Waals surface area contributed by atoms with Crippen molar-refractivity contribution >= 4 is 22.6 Å². The van der Waals surface area contributed by atoms with Gasteiger partial charge < -0.3 is 4.57 Å². The second kappa shape index (κ2) is 5.12. The van der Waals surface area contributed by atoms with Gasteiger partial charge in [0.05, 0.1) is 16.9 Å². The number of hydrogen-bond donors (Lipinski definition) is 0. The summed E-state index contributed by atoms with van der Waals surface area (Å²) < 4.78 is 15.5. The molecule has 0 amide bonds. The first kappa shape index (κ1) is 14.3. The second-order valence-corrected chi connectivity index (χ2v) is 6.29. The van der Waals surface area contributed by atoms with Crippen molar-refractivity contribution in [1.82, 2.24) is 9.55 Å². The molecule has 0 unspecified atom stereocenters. The first-order valence-corrected chi connectivity index (χ1v) is 7.09. The molecule has 0 aliphatic carbocycles. The van der Waals surface area contributed by atoms with Gasteiger partial charge >= 0.3 is 0 Å². The fourth-order valence-corrected chi connectivity index (χ4v) is 2.22. The van der Waals surface area contributed by atoms with Crippen LogP contribution in [0.5, 0.6) is 0 Å². The Hall–Kier alpha value is -1.09. The van der Waals surface area contributed by atoms with Gasteiger partial charge in [0.15, 0.2) is 0 Å². The summed E-state index contributed by atoms with van der Waals surface area (Å²) in [6, 6.07) is 4.68. The number of fused-ring (bicyclic) bond motifs is 1. The molecule has 0 saturated carbocycles. The van der Waals surface area contributed by atoms with Gasteiger partial charge in [-0.15, -0.1) is 11.6 Å². The van der Waals surface area contributed by atoms with E-state index in [1.807, 2.05) is 4.57 Å². The Labute approximate surface area is 118 Å². The molecule has 0 aliphatic rings. The Kier molecular flexibility index (Phi) is 3.86. The Morgan fingerprint density at radius 3 is 2.63 bits per heavy atom. The minimum atomic E-state index is -0.239. The Morgan fingerprint density at radius 1 is 1.37 bits per heavy atom. The van der Waals surface area contributed by atoms with Crippen LogP contribution in [0.4, 0.5) is 4.39 Å². The zero-order valence-electron chi connectivity index (χ0n) is 11.9. The number of benzene rings is 1. The van der Waals surface area contributed by atoms with E-state index >= 15 is 0 Å². The van der Waals surface area contributed by atoms with Gasteiger partial charge in [0.25, 0.3) is 0 Å². The molecular formula is C15H20ClFN2. The minimum Gasteiger partial charge on any atom is -0.326 e. The molecule has 1 aromatic heterocycles. The van der Waals surface area contributed by atoms with E-state index in [2.05, 4.69) is 32.7 Å². The lowest BCUT2D eigenvalue weighted by Gasteiger charge is -2.30. The van der Waals surface area contributed by atoms with Gasteiger partial charge in [-0.1, -0.05) is 27.7 Å². The quantitative estimate of drug-likeness (QED) is 0.750. The molecule has 2 rings (SSSR count). The average Bonchev–Trinajstić information content (AvgIpc) is 2.66. The van der Waals surface area contributed by atoms with Crippen molar-refractivity contribution in [2.24, 2.45) is 11.3 Å². The zero-order valence-corrected chi connectivity index (χ0v) is 12.6. The smallest absolute Gasteiger partial charge is 0.125 e. The zero-order chi connectivity index (χ0) is 14.2. The molecule has 1 aromatic carbocycles. The molecule has 0 N–H and O–H groups in total. The summed E-state index contributed by atoms with van der Waals surface area (Å²) in [6.07, 6.45) is 0. The Morgan fingerprint density at radius 2 is 2.05 bits per heavy atom. The summed E-state index contributed by atoms with van der Waals surface area (Å²) >= 11 is 5.97. The van der Waals surface area contributed by atoms with Crippen LogP contribution in [0.1, 0.15) is 33.5 Å². The second-order valence-electron chi connectivity index (χ2n) is 6.02. The molecule has 0 spiro atoms. The lowest BCUT2D eigenvalue weighted by Crippen LogP contribution is -2.26. The van der Waals surface area contributed by atoms with Crippen LogP contribution < -0.4 is 0 Å². The van der Waals surface area contributed by atoms with Crippen LogP contribution in [-0.4, -0.2) is 9.55 Å². The summed E-state index contributed by atoms with van der Waals surface area (Å²) in [5.74, 6) is 1.42. The number of nitrogens with zero attached hydrogens (tertiary/aromatic N) is 2. The monoisotopic (exact) mass is 282 g/mol. The van der Waals surface area contributed by atoms with Crippen LogP contribution in [0.15, 0.2) is 18.2 Å². The lowest BCUT2D eigenvalue weighted by molar-refractivity contribution is 0.211. The maximum absolute atomic E-state index is 13.4.